The van der Waals surface area contributed by atoms with Crippen molar-refractivity contribution in [1.82, 2.24) is 4.98 Å². The number of benzene rings is 2. The third-order valence-electron chi connectivity index (χ3n) is 5.39. The minimum absolute atomic E-state index is 0. The lowest BCUT2D eigenvalue weighted by molar-refractivity contribution is -0.00000516. The molecule has 5 rings (SSSR count). The number of aromatic nitrogens is 1. The van der Waals surface area contributed by atoms with Gasteiger partial charge in [-0.2, -0.15) is 0 Å². The Labute approximate surface area is 184 Å². The Kier molecular flexibility index (Phi) is 5.59. The summed E-state index contributed by atoms with van der Waals surface area (Å²) in [4.78, 5) is 7.83. The highest BCUT2D eigenvalue weighted by atomic mass is 79.9. The molecular weight excluding hydrogens is 450 g/mol. The first kappa shape index (κ1) is 19.6. The van der Waals surface area contributed by atoms with Crippen molar-refractivity contribution >= 4 is 37.5 Å². The Morgan fingerprint density at radius 3 is 2.50 bits per heavy atom. The van der Waals surface area contributed by atoms with Gasteiger partial charge in [-0.3, -0.25) is 0 Å². The number of halogens is 2. The minimum Gasteiger partial charge on any atom is -1.00 e. The third-order valence-corrected chi connectivity index (χ3v) is 7.11. The van der Waals surface area contributed by atoms with E-state index >= 15 is 0 Å². The van der Waals surface area contributed by atoms with E-state index in [1.807, 2.05) is 11.3 Å². The average Bonchev–Trinajstić information content (AvgIpc) is 3.06. The summed E-state index contributed by atoms with van der Waals surface area (Å²) >= 11 is 5.44. The second-order valence-corrected chi connectivity index (χ2v) is 9.32. The van der Waals surface area contributed by atoms with E-state index in [1.54, 1.807) is 10.4 Å². The number of hydrogen-bond donors (Lipinski definition) is 0. The summed E-state index contributed by atoms with van der Waals surface area (Å²) in [7, 11) is 0. The Hall–Kier alpha value is -1.68. The summed E-state index contributed by atoms with van der Waals surface area (Å²) < 4.78 is 1.10. The number of thiophene rings is 1. The smallest absolute Gasteiger partial charge is 0.125 e. The van der Waals surface area contributed by atoms with Crippen LogP contribution in [0.25, 0.3) is 32.6 Å². The van der Waals surface area contributed by atoms with Crippen LogP contribution >= 0.6 is 27.3 Å². The van der Waals surface area contributed by atoms with E-state index in [9.17, 15) is 0 Å². The maximum absolute atomic E-state index is 5.09. The van der Waals surface area contributed by atoms with Gasteiger partial charge in [-0.05, 0) is 67.5 Å². The number of hydrogen-bond acceptors (Lipinski definition) is 2. The fourth-order valence-corrected chi connectivity index (χ4v) is 5.62. The molecule has 0 unspecified atom stereocenters. The van der Waals surface area contributed by atoms with Gasteiger partial charge in [-0.1, -0.05) is 57.9 Å². The SMILES string of the molecule is Cc1cccc(-c2cc(-c3ccc(Br)cc3)nc3sc4c(c23)CCCC4)c1.[Cl-]. The molecular formula is C24H20BrClNS-. The zero-order valence-corrected chi connectivity index (χ0v) is 18.8. The molecule has 0 amide bonds. The van der Waals surface area contributed by atoms with Crippen LogP contribution in [0.2, 0.25) is 0 Å². The monoisotopic (exact) mass is 468 g/mol. The van der Waals surface area contributed by atoms with E-state index in [-0.39, 0.29) is 12.4 Å². The maximum Gasteiger partial charge on any atom is 0.125 e. The molecule has 142 valence electrons. The van der Waals surface area contributed by atoms with Gasteiger partial charge in [0.25, 0.3) is 0 Å². The molecule has 1 aliphatic carbocycles. The molecule has 1 aliphatic rings. The molecule has 0 N–H and O–H groups in total. The predicted molar refractivity (Wildman–Crippen MR) is 120 cm³/mol. The van der Waals surface area contributed by atoms with Crippen LogP contribution in [0.4, 0.5) is 0 Å². The molecule has 0 fully saturated rings. The van der Waals surface area contributed by atoms with Crippen molar-refractivity contribution in [2.75, 3.05) is 0 Å². The molecule has 28 heavy (non-hydrogen) atoms. The van der Waals surface area contributed by atoms with E-state index in [4.69, 9.17) is 4.98 Å². The van der Waals surface area contributed by atoms with Crippen LogP contribution in [0.5, 0.6) is 0 Å². The summed E-state index contributed by atoms with van der Waals surface area (Å²) in [5, 5.41) is 1.39. The summed E-state index contributed by atoms with van der Waals surface area (Å²) in [5.41, 5.74) is 7.71. The zero-order valence-electron chi connectivity index (χ0n) is 15.6. The lowest BCUT2D eigenvalue weighted by Gasteiger charge is -2.13. The third kappa shape index (κ3) is 3.52. The zero-order chi connectivity index (χ0) is 18.4. The van der Waals surface area contributed by atoms with Crippen molar-refractivity contribution in [2.24, 2.45) is 0 Å². The van der Waals surface area contributed by atoms with Crippen molar-refractivity contribution in [1.29, 1.82) is 0 Å². The van der Waals surface area contributed by atoms with Gasteiger partial charge in [0.2, 0.25) is 0 Å². The molecule has 2 aromatic heterocycles. The van der Waals surface area contributed by atoms with Crippen LogP contribution in [0.3, 0.4) is 0 Å². The summed E-state index contributed by atoms with van der Waals surface area (Å²) in [5.74, 6) is 0. The maximum atomic E-state index is 5.09. The average molecular weight is 470 g/mol. The largest absolute Gasteiger partial charge is 1.00 e. The van der Waals surface area contributed by atoms with Gasteiger partial charge < -0.3 is 12.4 Å². The van der Waals surface area contributed by atoms with Crippen LogP contribution in [0, 0.1) is 6.92 Å². The van der Waals surface area contributed by atoms with Gasteiger partial charge in [0.15, 0.2) is 0 Å². The normalized spacial score (nSPS) is 13.2. The molecule has 0 radical (unpaired) electrons. The molecule has 0 aliphatic heterocycles. The van der Waals surface area contributed by atoms with E-state index in [0.717, 1.165) is 10.2 Å². The van der Waals surface area contributed by atoms with Crippen LogP contribution in [0.15, 0.2) is 59.1 Å². The van der Waals surface area contributed by atoms with E-state index in [2.05, 4.69) is 77.5 Å². The summed E-state index contributed by atoms with van der Waals surface area (Å²) in [6.45, 7) is 2.17. The van der Waals surface area contributed by atoms with Crippen molar-refractivity contribution < 1.29 is 12.4 Å². The number of pyridine rings is 1. The van der Waals surface area contributed by atoms with E-state index in [0.29, 0.717) is 0 Å². The number of fused-ring (bicyclic) bond motifs is 3. The first-order chi connectivity index (χ1) is 13.2. The van der Waals surface area contributed by atoms with Crippen LogP contribution < -0.4 is 12.4 Å². The molecule has 4 heteroatoms. The van der Waals surface area contributed by atoms with Crippen LogP contribution in [0.1, 0.15) is 28.8 Å². The fourth-order valence-electron chi connectivity index (χ4n) is 4.07. The topological polar surface area (TPSA) is 12.9 Å². The number of rotatable bonds is 2. The molecule has 0 bridgehead atoms. The highest BCUT2D eigenvalue weighted by molar-refractivity contribution is 9.10. The van der Waals surface area contributed by atoms with Crippen LogP contribution in [-0.4, -0.2) is 4.98 Å². The van der Waals surface area contributed by atoms with Gasteiger partial charge >= 0.3 is 0 Å². The first-order valence-electron chi connectivity index (χ1n) is 9.47. The molecule has 0 atom stereocenters. The van der Waals surface area contributed by atoms with Crippen molar-refractivity contribution in [2.45, 2.75) is 32.6 Å². The standard InChI is InChI=1S/C24H20BrNS.ClH/c1-15-5-4-6-17(13-15)20-14-21(16-9-11-18(25)12-10-16)26-24-23(20)19-7-2-3-8-22(19)27-24;/h4-6,9-14H,2-3,7-8H2,1H3;1H/p-1. The summed E-state index contributed by atoms with van der Waals surface area (Å²) in [6.07, 6.45) is 4.99. The highest BCUT2D eigenvalue weighted by Gasteiger charge is 2.21. The van der Waals surface area contributed by atoms with Crippen molar-refractivity contribution in [3.05, 3.63) is 75.1 Å². The molecule has 2 heterocycles. The van der Waals surface area contributed by atoms with Gasteiger partial charge in [-0.25, -0.2) is 4.98 Å². The Morgan fingerprint density at radius 2 is 1.71 bits per heavy atom. The molecule has 4 aromatic rings. The van der Waals surface area contributed by atoms with Gasteiger partial charge in [0, 0.05) is 20.3 Å². The predicted octanol–water partition coefficient (Wildman–Crippen LogP) is 4.58. The van der Waals surface area contributed by atoms with Gasteiger partial charge in [0.1, 0.15) is 4.83 Å². The van der Waals surface area contributed by atoms with Gasteiger partial charge in [0.05, 0.1) is 5.69 Å². The Morgan fingerprint density at radius 1 is 0.929 bits per heavy atom. The van der Waals surface area contributed by atoms with Crippen molar-refractivity contribution in [3.8, 4) is 22.4 Å². The lowest BCUT2D eigenvalue weighted by Crippen LogP contribution is -3.00. The highest BCUT2D eigenvalue weighted by Crippen LogP contribution is 2.42. The Balaban J connectivity index is 0.00000192. The molecule has 1 nitrogen and oxygen atoms in total. The van der Waals surface area contributed by atoms with Crippen LogP contribution in [-0.2, 0) is 12.8 Å². The second-order valence-electron chi connectivity index (χ2n) is 7.32. The minimum atomic E-state index is 0. The molecule has 0 spiro atoms. The first-order valence-corrected chi connectivity index (χ1v) is 11.1. The number of aryl methyl sites for hydroxylation is 3. The van der Waals surface area contributed by atoms with E-state index < -0.39 is 0 Å². The van der Waals surface area contributed by atoms with Gasteiger partial charge in [-0.15, -0.1) is 11.3 Å². The Bertz CT molecular complexity index is 1150. The lowest BCUT2D eigenvalue weighted by atomic mass is 9.91. The quantitative estimate of drug-likeness (QED) is 0.419. The molecule has 0 saturated heterocycles. The summed E-state index contributed by atoms with van der Waals surface area (Å²) in [6, 6.07) is 19.6. The second kappa shape index (κ2) is 7.98. The molecule has 0 saturated carbocycles. The number of nitrogens with zero attached hydrogens (tertiary/aromatic N) is 1. The fraction of sp³-hybridized carbons (Fsp3) is 0.208. The van der Waals surface area contributed by atoms with Crippen molar-refractivity contribution in [3.63, 3.8) is 0 Å². The van der Waals surface area contributed by atoms with E-state index in [1.165, 1.54) is 58.2 Å². The molecule has 2 aromatic carbocycles.